The Morgan fingerprint density at radius 1 is 1.22 bits per heavy atom. The van der Waals surface area contributed by atoms with E-state index in [0.29, 0.717) is 11.0 Å². The number of benzene rings is 1. The number of thiazole rings is 1. The molecule has 0 aliphatic rings. The average molecular weight is 261 g/mol. The van der Waals surface area contributed by atoms with Gasteiger partial charge in [-0.25, -0.2) is 4.57 Å². The van der Waals surface area contributed by atoms with Gasteiger partial charge in [0.1, 0.15) is 5.58 Å². The van der Waals surface area contributed by atoms with Gasteiger partial charge in [0.15, 0.2) is 5.43 Å². The first-order valence-electron chi connectivity index (χ1n) is 5.09. The zero-order valence-electron chi connectivity index (χ0n) is 8.99. The van der Waals surface area contributed by atoms with Gasteiger partial charge in [0.2, 0.25) is 11.8 Å². The third-order valence-electron chi connectivity index (χ3n) is 2.52. The molecular weight excluding hydrogens is 254 g/mol. The number of hydrogen-bond donors (Lipinski definition) is 1. The molecule has 0 radical (unpaired) electrons. The van der Waals surface area contributed by atoms with E-state index in [9.17, 15) is 14.7 Å². The van der Waals surface area contributed by atoms with Crippen molar-refractivity contribution in [2.75, 3.05) is 0 Å². The zero-order valence-corrected chi connectivity index (χ0v) is 9.81. The number of hydrogen-bond acceptors (Lipinski definition) is 5. The maximum Gasteiger partial charge on any atom is 0.317 e. The van der Waals surface area contributed by atoms with E-state index in [-0.39, 0.29) is 17.2 Å². The smallest absolute Gasteiger partial charge is 0.317 e. The van der Waals surface area contributed by atoms with Crippen LogP contribution >= 0.6 is 11.3 Å². The fraction of sp³-hybridized carbons (Fsp3) is 0. The van der Waals surface area contributed by atoms with Gasteiger partial charge in [-0.15, -0.1) is 0 Å². The van der Waals surface area contributed by atoms with Gasteiger partial charge in [-0.05, 0) is 12.1 Å². The van der Waals surface area contributed by atoms with Crippen LogP contribution in [-0.2, 0) is 0 Å². The van der Waals surface area contributed by atoms with Crippen LogP contribution in [0.3, 0.4) is 0 Å². The fourth-order valence-electron chi connectivity index (χ4n) is 1.71. The molecule has 0 bridgehead atoms. The van der Waals surface area contributed by atoms with Crippen molar-refractivity contribution in [1.82, 2.24) is 4.57 Å². The molecule has 0 saturated heterocycles. The van der Waals surface area contributed by atoms with Crippen molar-refractivity contribution < 1.29 is 9.52 Å². The van der Waals surface area contributed by atoms with Gasteiger partial charge in [0.25, 0.3) is 0 Å². The van der Waals surface area contributed by atoms with Crippen LogP contribution in [0.5, 0.6) is 5.88 Å². The monoisotopic (exact) mass is 261 g/mol. The highest BCUT2D eigenvalue weighted by Gasteiger charge is 2.12. The van der Waals surface area contributed by atoms with E-state index in [2.05, 4.69) is 0 Å². The molecule has 18 heavy (non-hydrogen) atoms. The van der Waals surface area contributed by atoms with Crippen molar-refractivity contribution in [2.45, 2.75) is 0 Å². The summed E-state index contributed by atoms with van der Waals surface area (Å²) in [5.74, 6) is -0.231. The van der Waals surface area contributed by atoms with E-state index in [1.165, 1.54) is 11.4 Å². The number of aromatic hydroxyl groups is 1. The van der Waals surface area contributed by atoms with Crippen molar-refractivity contribution in [1.29, 1.82) is 0 Å². The first kappa shape index (κ1) is 10.8. The number of fused-ring (bicyclic) bond motifs is 1. The molecule has 0 spiro atoms. The molecular formula is C12H7NO4S. The molecule has 3 aromatic rings. The summed E-state index contributed by atoms with van der Waals surface area (Å²) in [5, 5.41) is 11.3. The Balaban J connectivity index is 2.39. The van der Waals surface area contributed by atoms with Crippen LogP contribution in [0.4, 0.5) is 0 Å². The first-order chi connectivity index (χ1) is 8.66. The summed E-state index contributed by atoms with van der Waals surface area (Å²) in [7, 11) is 0. The minimum absolute atomic E-state index is 0.0162. The van der Waals surface area contributed by atoms with Gasteiger partial charge in [-0.1, -0.05) is 23.5 Å². The van der Waals surface area contributed by atoms with Gasteiger partial charge >= 0.3 is 4.87 Å². The molecule has 1 N–H and O–H groups in total. The lowest BCUT2D eigenvalue weighted by Crippen LogP contribution is -2.12. The van der Waals surface area contributed by atoms with E-state index in [0.717, 1.165) is 15.9 Å². The minimum atomic E-state index is -0.411. The van der Waals surface area contributed by atoms with Crippen molar-refractivity contribution in [2.24, 2.45) is 0 Å². The van der Waals surface area contributed by atoms with Crippen LogP contribution in [-0.4, -0.2) is 9.67 Å². The normalized spacial score (nSPS) is 10.9. The second kappa shape index (κ2) is 3.85. The van der Waals surface area contributed by atoms with Crippen LogP contribution in [0.1, 0.15) is 0 Å². The van der Waals surface area contributed by atoms with Crippen molar-refractivity contribution >= 4 is 22.3 Å². The lowest BCUT2D eigenvalue weighted by molar-refractivity contribution is 0.425. The van der Waals surface area contributed by atoms with E-state index in [1.807, 2.05) is 0 Å². The molecule has 0 aliphatic carbocycles. The molecule has 90 valence electrons. The van der Waals surface area contributed by atoms with E-state index in [1.54, 1.807) is 24.3 Å². The molecule has 2 heterocycles. The fourth-order valence-corrected chi connectivity index (χ4v) is 2.31. The van der Waals surface area contributed by atoms with Gasteiger partial charge in [0.05, 0.1) is 10.8 Å². The summed E-state index contributed by atoms with van der Waals surface area (Å²) >= 11 is 0.832. The second-order valence-electron chi connectivity index (χ2n) is 3.64. The average Bonchev–Trinajstić information content (AvgIpc) is 2.69. The highest BCUT2D eigenvalue weighted by molar-refractivity contribution is 7.07. The molecule has 0 aliphatic heterocycles. The molecule has 1 aromatic carbocycles. The zero-order chi connectivity index (χ0) is 12.7. The molecule has 5 nitrogen and oxygen atoms in total. The molecule has 2 aromatic heterocycles. The van der Waals surface area contributed by atoms with Gasteiger partial charge in [-0.2, -0.15) is 0 Å². The SMILES string of the molecule is O=c1cc(-n2c(O)csc2=O)oc2ccccc12. The van der Waals surface area contributed by atoms with Crippen molar-refractivity contribution in [3.05, 3.63) is 55.6 Å². The standard InChI is InChI=1S/C12H7NO4S/c14-8-5-11(13-10(15)6-18-12(13)16)17-9-4-2-1-3-7(8)9/h1-6,15H. The van der Waals surface area contributed by atoms with Crippen LogP contribution in [0.15, 0.2) is 49.7 Å². The predicted molar refractivity (Wildman–Crippen MR) is 67.6 cm³/mol. The Kier molecular flexibility index (Phi) is 2.31. The molecule has 0 saturated carbocycles. The number of nitrogens with zero attached hydrogens (tertiary/aromatic N) is 1. The third kappa shape index (κ3) is 1.54. The Hall–Kier alpha value is -2.34. The van der Waals surface area contributed by atoms with Crippen LogP contribution < -0.4 is 10.3 Å². The van der Waals surface area contributed by atoms with Crippen LogP contribution in [0, 0.1) is 0 Å². The van der Waals surface area contributed by atoms with E-state index >= 15 is 0 Å². The summed E-state index contributed by atoms with van der Waals surface area (Å²) in [6, 6.07) is 7.92. The highest BCUT2D eigenvalue weighted by atomic mass is 32.1. The lowest BCUT2D eigenvalue weighted by atomic mass is 10.2. The maximum absolute atomic E-state index is 11.9. The molecule has 3 rings (SSSR count). The summed E-state index contributed by atoms with van der Waals surface area (Å²) in [6.07, 6.45) is 0. The van der Waals surface area contributed by atoms with Crippen molar-refractivity contribution in [3.8, 4) is 11.8 Å². The quantitative estimate of drug-likeness (QED) is 0.723. The molecule has 0 unspecified atom stereocenters. The molecule has 0 fully saturated rings. The largest absolute Gasteiger partial charge is 0.493 e. The van der Waals surface area contributed by atoms with Gasteiger partial charge in [-0.3, -0.25) is 9.59 Å². The van der Waals surface area contributed by atoms with Crippen LogP contribution in [0.25, 0.3) is 16.9 Å². The summed E-state index contributed by atoms with van der Waals surface area (Å²) in [4.78, 5) is 23.0. The molecule has 0 atom stereocenters. The second-order valence-corrected chi connectivity index (χ2v) is 4.46. The molecule has 6 heteroatoms. The minimum Gasteiger partial charge on any atom is -0.493 e. The topological polar surface area (TPSA) is 72.4 Å². The summed E-state index contributed by atoms with van der Waals surface area (Å²) in [6.45, 7) is 0. The Bertz CT molecular complexity index is 843. The predicted octanol–water partition coefficient (Wildman–Crippen LogP) is 1.71. The van der Waals surface area contributed by atoms with Gasteiger partial charge < -0.3 is 9.52 Å². The van der Waals surface area contributed by atoms with E-state index in [4.69, 9.17) is 4.42 Å². The number of aromatic nitrogens is 1. The molecule has 0 amide bonds. The van der Waals surface area contributed by atoms with Crippen molar-refractivity contribution in [3.63, 3.8) is 0 Å². The van der Waals surface area contributed by atoms with E-state index < -0.39 is 4.87 Å². The van der Waals surface area contributed by atoms with Gasteiger partial charge in [0, 0.05) is 6.07 Å². The Labute approximate surface area is 104 Å². The highest BCUT2D eigenvalue weighted by Crippen LogP contribution is 2.19. The number of rotatable bonds is 1. The summed E-state index contributed by atoms with van der Waals surface area (Å²) < 4.78 is 6.42. The maximum atomic E-state index is 11.9. The third-order valence-corrected chi connectivity index (χ3v) is 3.23. The Morgan fingerprint density at radius 3 is 2.72 bits per heavy atom. The first-order valence-corrected chi connectivity index (χ1v) is 5.97. The Morgan fingerprint density at radius 2 is 2.00 bits per heavy atom. The lowest BCUT2D eigenvalue weighted by Gasteiger charge is -2.03. The number of para-hydroxylation sites is 1. The summed E-state index contributed by atoms with van der Waals surface area (Å²) in [5.41, 5.74) is 0.113. The van der Waals surface area contributed by atoms with Crippen LogP contribution in [0.2, 0.25) is 0 Å².